The second-order valence-corrected chi connectivity index (χ2v) is 6.85. The summed E-state index contributed by atoms with van der Waals surface area (Å²) in [6.45, 7) is 4.86. The number of aryl methyl sites for hydroxylation is 1. The van der Waals surface area contributed by atoms with Crippen LogP contribution >= 0.6 is 0 Å². The molecule has 0 aliphatic rings. The average molecular weight is 451 g/mol. The van der Waals surface area contributed by atoms with Crippen LogP contribution in [0.15, 0.2) is 84.9 Å². The van der Waals surface area contributed by atoms with Crippen LogP contribution < -0.4 is 17.1 Å². The predicted molar refractivity (Wildman–Crippen MR) is 125 cm³/mol. The molecule has 3 aromatic rings. The van der Waals surface area contributed by atoms with Crippen molar-refractivity contribution >= 4 is 23.1 Å². The average Bonchev–Trinajstić information content (AvgIpc) is 2.77. The van der Waals surface area contributed by atoms with Gasteiger partial charge in [0.05, 0.1) is 19.8 Å². The first-order valence-corrected chi connectivity index (χ1v) is 9.97. The molecule has 1 unspecified atom stereocenters. The second kappa shape index (κ2) is 17.9. The van der Waals surface area contributed by atoms with Crippen LogP contribution in [0.3, 0.4) is 0 Å². The van der Waals surface area contributed by atoms with Gasteiger partial charge in [-0.1, -0.05) is 48.5 Å². The van der Waals surface area contributed by atoms with E-state index in [2.05, 4.69) is 19.1 Å². The van der Waals surface area contributed by atoms with Gasteiger partial charge in [-0.3, -0.25) is 0 Å². The third kappa shape index (κ3) is 13.3. The van der Waals surface area contributed by atoms with Gasteiger partial charge in [-0.2, -0.15) is 24.6 Å². The molecule has 5 heteroatoms. The van der Waals surface area contributed by atoms with E-state index in [-0.39, 0.29) is 41.6 Å². The molecule has 0 radical (unpaired) electrons. The van der Waals surface area contributed by atoms with Crippen molar-refractivity contribution in [2.24, 2.45) is 0 Å². The maximum absolute atomic E-state index is 9.98. The zero-order chi connectivity index (χ0) is 20.7. The molecule has 3 nitrogen and oxygen atoms in total. The first kappa shape index (κ1) is 29.3. The maximum atomic E-state index is 9.98. The van der Waals surface area contributed by atoms with Gasteiger partial charge in [-0.15, -0.1) is 12.1 Å². The summed E-state index contributed by atoms with van der Waals surface area (Å²) in [5.74, 6) is 0.847. The molecule has 0 saturated carbocycles. The minimum Gasteiger partial charge on any atom is -1.00 e. The fourth-order valence-corrected chi connectivity index (χ4v) is 2.73. The molecule has 3 rings (SSSR count). The summed E-state index contributed by atoms with van der Waals surface area (Å²) in [6.07, 6.45) is 2.04. The number of benzene rings is 3. The van der Waals surface area contributed by atoms with Crippen LogP contribution in [-0.2, 0) is 17.8 Å². The topological polar surface area (TPSA) is 38.7 Å². The van der Waals surface area contributed by atoms with Gasteiger partial charge in [-0.25, -0.2) is 0 Å². The number of hydrogen-bond donors (Lipinski definition) is 1. The first-order valence-electron chi connectivity index (χ1n) is 9.97. The van der Waals surface area contributed by atoms with Crippen LogP contribution in [0, 0.1) is 6.92 Å². The molecule has 0 saturated heterocycles. The fourth-order valence-electron chi connectivity index (χ4n) is 2.73. The summed E-state index contributed by atoms with van der Waals surface area (Å²) in [5, 5.41) is 9.98. The van der Waals surface area contributed by atoms with Gasteiger partial charge in [0, 0.05) is 6.61 Å². The Morgan fingerprint density at radius 2 is 1.39 bits per heavy atom. The van der Waals surface area contributed by atoms with Gasteiger partial charge in [0.25, 0.3) is 0 Å². The third-order valence-electron chi connectivity index (χ3n) is 4.48. The Bertz CT molecular complexity index is 783. The molecule has 0 bridgehead atoms. The van der Waals surface area contributed by atoms with E-state index in [4.69, 9.17) is 9.47 Å². The number of hydrogen-bond acceptors (Lipinski definition) is 3. The molecule has 3 aromatic carbocycles. The molecule has 0 spiro atoms. The van der Waals surface area contributed by atoms with Crippen LogP contribution in [0.25, 0.3) is 0 Å². The van der Waals surface area contributed by atoms with E-state index in [0.29, 0.717) is 19.6 Å². The van der Waals surface area contributed by atoms with Crippen LogP contribution in [0.2, 0.25) is 0 Å². The molecule has 1 atom stereocenters. The molecule has 0 aliphatic carbocycles. The Morgan fingerprint density at radius 1 is 0.806 bits per heavy atom. The van der Waals surface area contributed by atoms with E-state index in [1.54, 1.807) is 7.11 Å². The number of ether oxygens (including phenoxy) is 2. The van der Waals surface area contributed by atoms with Gasteiger partial charge in [0.2, 0.25) is 0 Å². The van der Waals surface area contributed by atoms with Gasteiger partial charge in [0.15, 0.2) is 0 Å². The standard InChI is InChI=1S/C19H24O3.C7H7.ClH.Mg/c1-21-19-11-8-17(9-12-19)15-22-14-13-18(20)10-7-16-5-3-2-4-6-16;1-7-5-3-2-4-6-7;;/h2-6,8-9,11-12,18,20H,7,10,13-15H2,1H3;2-6H,1H2;1H;/q;-1;;+2/p-1. The minimum atomic E-state index is -0.309. The molecule has 0 fully saturated rings. The van der Waals surface area contributed by atoms with Crippen molar-refractivity contribution in [1.82, 2.24) is 0 Å². The van der Waals surface area contributed by atoms with Gasteiger partial charge >= 0.3 is 23.1 Å². The van der Waals surface area contributed by atoms with Gasteiger partial charge in [0.1, 0.15) is 5.75 Å². The van der Waals surface area contributed by atoms with Crippen LogP contribution in [-0.4, -0.2) is 48.0 Å². The number of methoxy groups -OCH3 is 1. The Labute approximate surface area is 209 Å². The largest absolute Gasteiger partial charge is 2.00 e. The summed E-state index contributed by atoms with van der Waals surface area (Å²) in [6, 6.07) is 27.9. The number of rotatable bonds is 9. The Hall–Kier alpha value is -1.69. The Balaban J connectivity index is 0.000000854. The zero-order valence-electron chi connectivity index (χ0n) is 18.3. The third-order valence-corrected chi connectivity index (χ3v) is 4.48. The summed E-state index contributed by atoms with van der Waals surface area (Å²) in [4.78, 5) is 0. The van der Waals surface area contributed by atoms with Crippen molar-refractivity contribution in [3.8, 4) is 5.75 Å². The molecule has 0 heterocycles. The smallest absolute Gasteiger partial charge is 1.00 e. The quantitative estimate of drug-likeness (QED) is 0.308. The SMILES string of the molecule is COc1ccc(COCCC(O)CCc2ccccc2)cc1.[CH2-]c1ccccc1.[Cl-].[Mg+2]. The molecule has 162 valence electrons. The monoisotopic (exact) mass is 450 g/mol. The van der Waals surface area contributed by atoms with Crippen LogP contribution in [0.1, 0.15) is 29.5 Å². The van der Waals surface area contributed by atoms with E-state index in [1.165, 1.54) is 5.56 Å². The molecule has 0 amide bonds. The van der Waals surface area contributed by atoms with Crippen LogP contribution in [0.5, 0.6) is 5.75 Å². The Morgan fingerprint density at radius 3 is 1.90 bits per heavy atom. The maximum Gasteiger partial charge on any atom is 2.00 e. The number of aliphatic hydroxyl groups excluding tert-OH is 1. The molecular formula is C26H31ClMgO3. The normalized spacial score (nSPS) is 10.5. The summed E-state index contributed by atoms with van der Waals surface area (Å²) in [7, 11) is 1.66. The van der Waals surface area contributed by atoms with E-state index >= 15 is 0 Å². The summed E-state index contributed by atoms with van der Waals surface area (Å²) >= 11 is 0. The van der Waals surface area contributed by atoms with Crippen molar-refractivity contribution in [3.05, 3.63) is 109 Å². The summed E-state index contributed by atoms with van der Waals surface area (Å²) < 4.78 is 10.7. The van der Waals surface area contributed by atoms with Crippen LogP contribution in [0.4, 0.5) is 0 Å². The predicted octanol–water partition coefficient (Wildman–Crippen LogP) is 2.09. The van der Waals surface area contributed by atoms with Crippen molar-refractivity contribution in [2.45, 2.75) is 32.0 Å². The fraction of sp³-hybridized carbons (Fsp3) is 0.269. The zero-order valence-corrected chi connectivity index (χ0v) is 20.4. The second-order valence-electron chi connectivity index (χ2n) is 6.85. The molecule has 1 N–H and O–H groups in total. The summed E-state index contributed by atoms with van der Waals surface area (Å²) in [5.41, 5.74) is 3.45. The van der Waals surface area contributed by atoms with E-state index in [1.807, 2.05) is 72.8 Å². The number of halogens is 1. The van der Waals surface area contributed by atoms with Crippen molar-refractivity contribution in [2.75, 3.05) is 13.7 Å². The first-order chi connectivity index (χ1) is 14.2. The van der Waals surface area contributed by atoms with Crippen molar-refractivity contribution < 1.29 is 27.0 Å². The molecular weight excluding hydrogens is 420 g/mol. The number of aliphatic hydroxyl groups is 1. The van der Waals surface area contributed by atoms with E-state index < -0.39 is 0 Å². The molecule has 0 aromatic heterocycles. The van der Waals surface area contributed by atoms with Gasteiger partial charge < -0.3 is 27.0 Å². The van der Waals surface area contributed by atoms with E-state index in [9.17, 15) is 5.11 Å². The van der Waals surface area contributed by atoms with Gasteiger partial charge in [-0.05, 0) is 42.5 Å². The Kier molecular flexibility index (Phi) is 17.0. The van der Waals surface area contributed by atoms with Crippen molar-refractivity contribution in [1.29, 1.82) is 0 Å². The minimum absolute atomic E-state index is 0. The molecule has 0 aliphatic heterocycles. The van der Waals surface area contributed by atoms with E-state index in [0.717, 1.165) is 29.7 Å². The van der Waals surface area contributed by atoms with Crippen molar-refractivity contribution in [3.63, 3.8) is 0 Å². The molecule has 31 heavy (non-hydrogen) atoms.